The van der Waals surface area contributed by atoms with E-state index in [-0.39, 0.29) is 72.6 Å². The Morgan fingerprint density at radius 1 is 1.09 bits per heavy atom. The van der Waals surface area contributed by atoms with E-state index in [4.69, 9.17) is 28.3 Å². The fourth-order valence-corrected chi connectivity index (χ4v) is 7.54. The number of rotatable bonds is 12. The Balaban J connectivity index is 1.57. The van der Waals surface area contributed by atoms with Gasteiger partial charge in [-0.1, -0.05) is 39.0 Å². The van der Waals surface area contributed by atoms with E-state index in [0.717, 1.165) is 13.1 Å². The van der Waals surface area contributed by atoms with Gasteiger partial charge in [0.05, 0.1) is 23.0 Å². The molecule has 0 bridgehead atoms. The lowest BCUT2D eigenvalue weighted by Crippen LogP contribution is -2.43. The van der Waals surface area contributed by atoms with Gasteiger partial charge in [-0.2, -0.15) is 0 Å². The van der Waals surface area contributed by atoms with Gasteiger partial charge in [0.15, 0.2) is 22.4 Å². The first-order valence-corrected chi connectivity index (χ1v) is 19.2. The summed E-state index contributed by atoms with van der Waals surface area (Å²) in [6.45, 7) is 16.1. The van der Waals surface area contributed by atoms with Gasteiger partial charge in [0.2, 0.25) is 10.9 Å². The number of phenolic OH excluding ortho intramolecular Hbond substituents is 1. The molecule has 58 heavy (non-hydrogen) atoms. The number of aromatic nitrogens is 1. The number of anilines is 2. The van der Waals surface area contributed by atoms with Crippen LogP contribution in [0.4, 0.5) is 11.4 Å². The lowest BCUT2D eigenvalue weighted by Gasteiger charge is -2.31. The van der Waals surface area contributed by atoms with Crippen LogP contribution >= 0.6 is 0 Å². The van der Waals surface area contributed by atoms with E-state index >= 15 is 0 Å². The Hall–Kier alpha value is -5.93. The van der Waals surface area contributed by atoms with Gasteiger partial charge in [-0.15, -0.1) is 0 Å². The molecule has 0 saturated carbocycles. The smallest absolute Gasteiger partial charge is 0.307 e. The summed E-state index contributed by atoms with van der Waals surface area (Å²) in [5.74, 6) is -4.23. The van der Waals surface area contributed by atoms with Crippen LogP contribution in [-0.2, 0) is 23.8 Å². The quantitative estimate of drug-likeness (QED) is 0.0373. The van der Waals surface area contributed by atoms with Crippen LogP contribution in [0.2, 0.25) is 0 Å². The Morgan fingerprint density at radius 2 is 1.79 bits per heavy atom. The third-order valence-corrected chi connectivity index (χ3v) is 10.7. The minimum atomic E-state index is -1.90. The zero-order chi connectivity index (χ0) is 42.2. The molecule has 3 heterocycles. The molecule has 4 aromatic rings. The highest BCUT2D eigenvalue weighted by atomic mass is 16.7. The summed E-state index contributed by atoms with van der Waals surface area (Å²) in [4.78, 5) is 60.4. The highest BCUT2D eigenvalue weighted by Gasteiger charge is 2.43. The summed E-state index contributed by atoms with van der Waals surface area (Å²) < 4.78 is 30.0. The van der Waals surface area contributed by atoms with Crippen molar-refractivity contribution in [2.45, 2.75) is 73.4 Å². The summed E-state index contributed by atoms with van der Waals surface area (Å²) in [6.07, 6.45) is 6.83. The number of hydrogen-bond acceptors (Lipinski definition) is 14. The highest BCUT2D eigenvalue weighted by Crippen LogP contribution is 2.42. The zero-order valence-electron chi connectivity index (χ0n) is 34.1. The van der Waals surface area contributed by atoms with Gasteiger partial charge in [-0.3, -0.25) is 19.2 Å². The maximum atomic E-state index is 14.6. The van der Waals surface area contributed by atoms with Crippen molar-refractivity contribution >= 4 is 62.0 Å². The average molecular weight is 799 g/mol. The van der Waals surface area contributed by atoms with Crippen LogP contribution in [0.3, 0.4) is 0 Å². The maximum absolute atomic E-state index is 14.6. The fraction of sp³-hybridized carbons (Fsp3) is 0.419. The normalized spacial score (nSPS) is 19.0. The number of aliphatic hydroxyl groups excluding tert-OH is 1. The van der Waals surface area contributed by atoms with Gasteiger partial charge >= 0.3 is 11.8 Å². The number of esters is 1. The Labute approximate surface area is 334 Å². The van der Waals surface area contributed by atoms with Crippen LogP contribution in [0.1, 0.15) is 54.0 Å². The number of carbonyl (C=O) groups excluding carboxylic acids is 2. The summed E-state index contributed by atoms with van der Waals surface area (Å²) in [5.41, 5.74) is -0.931. The number of phenols is 1. The first kappa shape index (κ1) is 41.7. The summed E-state index contributed by atoms with van der Waals surface area (Å²) >= 11 is 0. The number of hydrogen-bond donors (Lipinski definition) is 4. The third kappa shape index (κ3) is 7.59. The number of ether oxygens (including phenoxy) is 4. The molecule has 0 unspecified atom stereocenters. The highest BCUT2D eigenvalue weighted by molar-refractivity contribution is 6.16. The van der Waals surface area contributed by atoms with E-state index in [1.807, 2.05) is 25.7 Å². The van der Waals surface area contributed by atoms with Crippen molar-refractivity contribution in [3.8, 4) is 11.5 Å². The second kappa shape index (κ2) is 16.5. The molecule has 4 atom stereocenters. The molecule has 2 aliphatic heterocycles. The number of piperazine rings is 1. The molecule has 2 aliphatic rings. The molecule has 1 fully saturated rings. The van der Waals surface area contributed by atoms with Gasteiger partial charge in [0.25, 0.3) is 5.91 Å². The topological polar surface area (TPSA) is 199 Å². The summed E-state index contributed by atoms with van der Waals surface area (Å²) in [7, 11) is 1.51. The molecule has 4 N–H and O–H groups in total. The molecule has 0 aliphatic carbocycles. The van der Waals surface area contributed by atoms with Gasteiger partial charge in [0, 0.05) is 87.4 Å². The number of methoxy groups -OCH3 is 1. The lowest BCUT2D eigenvalue weighted by molar-refractivity contribution is -0.154. The molecule has 15 nitrogen and oxygen atoms in total. The number of amides is 1. The third-order valence-electron chi connectivity index (χ3n) is 10.7. The molecular weight excluding hydrogens is 748 g/mol. The SMILES string of the molecule is C/C=C/C=C(/C)C(=O)Nc1c(=O)c2c(O)c(C)c3c(c2c2nc4c(=O)cc(N5CCNCC5)cc4oc12)=C(O)[C@@](C)(O/C=C/[C@H](OC)[C@@H](C)[C@@H](OC(C)=O)C(C)C)O3. The number of carbonyl (C=O) groups is 2. The number of aromatic hydroxyl groups is 1. The van der Waals surface area contributed by atoms with Crippen LogP contribution in [0, 0.1) is 18.8 Å². The molecule has 1 aromatic heterocycles. The van der Waals surface area contributed by atoms with Crippen molar-refractivity contribution in [3.63, 3.8) is 0 Å². The van der Waals surface area contributed by atoms with Gasteiger partial charge < -0.3 is 49.1 Å². The second-order valence-corrected chi connectivity index (χ2v) is 15.1. The molecule has 0 radical (unpaired) electrons. The van der Waals surface area contributed by atoms with Crippen LogP contribution in [0.25, 0.3) is 38.7 Å². The van der Waals surface area contributed by atoms with E-state index in [1.165, 1.54) is 40.2 Å². The predicted octanol–water partition coefficient (Wildman–Crippen LogP) is 5.00. The van der Waals surface area contributed by atoms with E-state index < -0.39 is 52.2 Å². The van der Waals surface area contributed by atoms with Crippen molar-refractivity contribution in [2.75, 3.05) is 43.5 Å². The van der Waals surface area contributed by atoms with Gasteiger partial charge in [-0.25, -0.2) is 4.98 Å². The van der Waals surface area contributed by atoms with E-state index in [0.29, 0.717) is 18.8 Å². The van der Waals surface area contributed by atoms with Crippen molar-refractivity contribution < 1.29 is 43.2 Å². The van der Waals surface area contributed by atoms with Crippen molar-refractivity contribution in [3.05, 3.63) is 79.5 Å². The second-order valence-electron chi connectivity index (χ2n) is 15.1. The number of nitrogens with zero attached hydrogens (tertiary/aromatic N) is 2. The first-order valence-electron chi connectivity index (χ1n) is 19.2. The van der Waals surface area contributed by atoms with Gasteiger partial charge in [0.1, 0.15) is 28.8 Å². The molecule has 6 rings (SSSR count). The number of nitrogens with one attached hydrogen (secondary N) is 2. The van der Waals surface area contributed by atoms with E-state index in [9.17, 15) is 29.4 Å². The first-order chi connectivity index (χ1) is 27.5. The largest absolute Gasteiger partial charge is 0.507 e. The van der Waals surface area contributed by atoms with Crippen LogP contribution in [-0.4, -0.2) is 78.4 Å². The molecule has 308 valence electrons. The van der Waals surface area contributed by atoms with Crippen molar-refractivity contribution in [2.24, 2.45) is 11.8 Å². The molecule has 1 saturated heterocycles. The fourth-order valence-electron chi connectivity index (χ4n) is 7.54. The average Bonchev–Trinajstić information content (AvgIpc) is 3.46. The molecular formula is C43H50N4O11. The van der Waals surface area contributed by atoms with Crippen molar-refractivity contribution in [1.29, 1.82) is 0 Å². The van der Waals surface area contributed by atoms with E-state index in [1.54, 1.807) is 44.2 Å². The van der Waals surface area contributed by atoms with Crippen LogP contribution < -0.4 is 36.3 Å². The Morgan fingerprint density at radius 3 is 2.43 bits per heavy atom. The summed E-state index contributed by atoms with van der Waals surface area (Å²) in [5, 5.41) is 29.3. The van der Waals surface area contributed by atoms with Crippen LogP contribution in [0.15, 0.2) is 62.3 Å². The lowest BCUT2D eigenvalue weighted by atomic mass is 9.90. The molecule has 15 heteroatoms. The minimum absolute atomic E-state index is 0.00861. The Bertz CT molecular complexity index is 2570. The standard InChI is InChI=1S/C43H50N4O11/c1-10-11-12-22(4)42(53)46-35-37(51)31-30(34-40(35)57-29-20-26(19-27(49)33(29)45-34)47-16-14-44-15-17-47)32-39(24(6)36(31)50)58-43(8,41(32)52)55-18-13-28(54-9)23(5)38(21(2)3)56-25(7)48/h10-13,18-21,23,28,38,44,50,52H,14-17H2,1-9H3,(H,46,53)/b11-10+,18-13+,22-12-/t23-,28+,38+,43+/m1/s1. The number of aliphatic hydroxyl groups is 1. The Kier molecular flexibility index (Phi) is 11.9. The molecule has 1 amide bonds. The number of benzene rings is 3. The van der Waals surface area contributed by atoms with E-state index in [2.05, 4.69) is 10.6 Å². The van der Waals surface area contributed by atoms with Gasteiger partial charge in [-0.05, 0) is 32.8 Å². The zero-order valence-corrected chi connectivity index (χ0v) is 34.1. The number of fused-ring (bicyclic) bond motifs is 6. The monoisotopic (exact) mass is 798 g/mol. The van der Waals surface area contributed by atoms with Crippen molar-refractivity contribution in [1.82, 2.24) is 10.3 Å². The maximum Gasteiger partial charge on any atom is 0.307 e. The predicted molar refractivity (Wildman–Crippen MR) is 221 cm³/mol. The minimum Gasteiger partial charge on any atom is -0.507 e. The van der Waals surface area contributed by atoms with Crippen LogP contribution in [0.5, 0.6) is 11.5 Å². The molecule has 3 aromatic carbocycles. The number of allylic oxidation sites excluding steroid dienone is 3. The summed E-state index contributed by atoms with van der Waals surface area (Å²) in [6, 6.07) is 3.13. The molecule has 0 spiro atoms.